The van der Waals surface area contributed by atoms with E-state index in [1.165, 1.54) is 12.1 Å². The van der Waals surface area contributed by atoms with Gasteiger partial charge in [0.2, 0.25) is 5.95 Å². The number of rotatable bonds is 7. The lowest BCUT2D eigenvalue weighted by Crippen LogP contribution is -2.17. The number of fused-ring (bicyclic) bond motifs is 1. The van der Waals surface area contributed by atoms with Crippen LogP contribution in [0.25, 0.3) is 10.9 Å². The van der Waals surface area contributed by atoms with Crippen molar-refractivity contribution in [2.75, 3.05) is 10.6 Å². The smallest absolute Gasteiger partial charge is 0.229 e. The summed E-state index contributed by atoms with van der Waals surface area (Å²) in [4.78, 5) is 8.72. The van der Waals surface area contributed by atoms with Gasteiger partial charge in [0.05, 0.1) is 16.2 Å². The summed E-state index contributed by atoms with van der Waals surface area (Å²) in [7, 11) is 1.86. The number of hydrogen-bond donors (Lipinski definition) is 3. The lowest BCUT2D eigenvalue weighted by Gasteiger charge is -2.15. The van der Waals surface area contributed by atoms with Crippen LogP contribution in [0.3, 0.4) is 0 Å². The molecule has 0 spiro atoms. The van der Waals surface area contributed by atoms with Gasteiger partial charge in [-0.1, -0.05) is 6.07 Å². The van der Waals surface area contributed by atoms with E-state index in [1.807, 2.05) is 25.2 Å². The summed E-state index contributed by atoms with van der Waals surface area (Å²) in [6.07, 6.45) is 3.34. The number of halogens is 2. The van der Waals surface area contributed by atoms with E-state index in [4.69, 9.17) is 0 Å². The normalized spacial score (nSPS) is 12.1. The first-order valence-corrected chi connectivity index (χ1v) is 10.9. The first kappa shape index (κ1) is 21.3. The monoisotopic (exact) mass is 504 g/mol. The van der Waals surface area contributed by atoms with Crippen molar-refractivity contribution >= 4 is 61.2 Å². The van der Waals surface area contributed by atoms with E-state index in [1.54, 1.807) is 23.1 Å². The molecule has 0 fully saturated rings. The number of aryl methyl sites for hydroxylation is 1. The van der Waals surface area contributed by atoms with Crippen LogP contribution in [0.1, 0.15) is 5.56 Å². The van der Waals surface area contributed by atoms with Crippen molar-refractivity contribution in [3.8, 4) is 0 Å². The van der Waals surface area contributed by atoms with Crippen LogP contribution in [0.5, 0.6) is 0 Å². The molecule has 0 amide bonds. The van der Waals surface area contributed by atoms with Gasteiger partial charge >= 0.3 is 0 Å². The first-order valence-electron chi connectivity index (χ1n) is 8.99. The molecule has 4 aromatic rings. The summed E-state index contributed by atoms with van der Waals surface area (Å²) < 4.78 is 40.4. The van der Waals surface area contributed by atoms with E-state index in [0.717, 1.165) is 16.6 Å². The molecule has 2 aromatic carbocycles. The number of nitrogens with zero attached hydrogens (tertiary/aromatic N) is 4. The van der Waals surface area contributed by atoms with Crippen LogP contribution in [0.2, 0.25) is 0 Å². The minimum Gasteiger partial charge on any atom is -0.760 e. The highest BCUT2D eigenvalue weighted by Gasteiger charge is 2.12. The van der Waals surface area contributed by atoms with Crippen LogP contribution in [-0.2, 0) is 24.9 Å². The van der Waals surface area contributed by atoms with E-state index in [9.17, 15) is 13.2 Å². The Balaban J connectivity index is 1.60. The molecule has 0 aliphatic heterocycles. The summed E-state index contributed by atoms with van der Waals surface area (Å²) >= 11 is 0.866. The second-order valence-corrected chi connectivity index (χ2v) is 8.12. The summed E-state index contributed by atoms with van der Waals surface area (Å²) in [5.74, 6) is 0.161. The third-order valence-corrected chi connectivity index (χ3v) is 5.45. The molecule has 1 atom stereocenters. The Morgan fingerprint density at radius 1 is 1.23 bits per heavy atom. The molecule has 0 radical (unpaired) electrons. The molecule has 9 nitrogen and oxygen atoms in total. The fourth-order valence-electron chi connectivity index (χ4n) is 2.98. The van der Waals surface area contributed by atoms with Gasteiger partial charge in [0.1, 0.15) is 11.6 Å². The molecular weight excluding hydrogens is 489 g/mol. The van der Waals surface area contributed by atoms with Crippen molar-refractivity contribution in [2.24, 2.45) is 7.05 Å². The molecule has 0 saturated heterocycles. The molecular formula is C19H16BrFN7O2S-. The van der Waals surface area contributed by atoms with Crippen LogP contribution in [0.15, 0.2) is 53.3 Å². The molecule has 160 valence electrons. The molecule has 4 rings (SSSR count). The lowest BCUT2D eigenvalue weighted by atomic mass is 10.1. The average molecular weight is 505 g/mol. The first-order chi connectivity index (χ1) is 14.9. The maximum atomic E-state index is 14.3. The van der Waals surface area contributed by atoms with Gasteiger partial charge in [-0.2, -0.15) is 10.1 Å². The molecule has 31 heavy (non-hydrogen) atoms. The third kappa shape index (κ3) is 4.88. The Kier molecular flexibility index (Phi) is 6.23. The maximum absolute atomic E-state index is 14.3. The molecule has 0 saturated carbocycles. The van der Waals surface area contributed by atoms with Crippen LogP contribution in [0.4, 0.5) is 27.5 Å². The second kappa shape index (κ2) is 9.06. The predicted molar refractivity (Wildman–Crippen MR) is 119 cm³/mol. The van der Waals surface area contributed by atoms with Gasteiger partial charge in [0, 0.05) is 53.4 Å². The number of nitrogens with one attached hydrogen (secondary N) is 3. The molecule has 2 heterocycles. The topological polar surface area (TPSA) is 120 Å². The summed E-state index contributed by atoms with van der Waals surface area (Å²) in [5.41, 5.74) is 2.26. The zero-order valence-corrected chi connectivity index (χ0v) is 18.5. The highest BCUT2D eigenvalue weighted by Crippen LogP contribution is 2.28. The van der Waals surface area contributed by atoms with Crippen molar-refractivity contribution < 1.29 is 13.2 Å². The standard InChI is InChI=1S/C19H17BrFN7O2S/c1-28-17-7-12(6-5-11(17)8-23-28)25-19-22-10-14(20)18(27-19)26-16-4-2-3-15(21)13(16)9-24-31(29)30/h2-8,10,24H,9H2,1H3,(H,29,30)(H2,22,25,26,27)/p-1. The van der Waals surface area contributed by atoms with Gasteiger partial charge in [-0.3, -0.25) is 8.89 Å². The Morgan fingerprint density at radius 2 is 2.06 bits per heavy atom. The number of benzene rings is 2. The van der Waals surface area contributed by atoms with Crippen molar-refractivity contribution in [1.29, 1.82) is 0 Å². The van der Waals surface area contributed by atoms with E-state index < -0.39 is 17.1 Å². The van der Waals surface area contributed by atoms with E-state index >= 15 is 0 Å². The summed E-state index contributed by atoms with van der Waals surface area (Å²) in [5, 5.41) is 11.4. The van der Waals surface area contributed by atoms with Crippen LogP contribution in [-0.4, -0.2) is 28.5 Å². The highest BCUT2D eigenvalue weighted by molar-refractivity contribution is 9.10. The van der Waals surface area contributed by atoms with Gasteiger partial charge in [-0.25, -0.2) is 14.1 Å². The van der Waals surface area contributed by atoms with Gasteiger partial charge in [-0.15, -0.1) is 0 Å². The number of anilines is 4. The fourth-order valence-corrected chi connectivity index (χ4v) is 3.53. The molecule has 2 aromatic heterocycles. The summed E-state index contributed by atoms with van der Waals surface area (Å²) in [6.45, 7) is -0.205. The second-order valence-electron chi connectivity index (χ2n) is 6.50. The Hall–Kier alpha value is -2.93. The van der Waals surface area contributed by atoms with Gasteiger partial charge in [0.25, 0.3) is 0 Å². The Labute approximate surface area is 187 Å². The highest BCUT2D eigenvalue weighted by atomic mass is 79.9. The van der Waals surface area contributed by atoms with E-state index in [0.29, 0.717) is 21.9 Å². The van der Waals surface area contributed by atoms with Crippen molar-refractivity contribution in [3.05, 3.63) is 64.6 Å². The van der Waals surface area contributed by atoms with Gasteiger partial charge < -0.3 is 15.2 Å². The Bertz CT molecular complexity index is 1280. The summed E-state index contributed by atoms with van der Waals surface area (Å²) in [6, 6.07) is 10.2. The van der Waals surface area contributed by atoms with Crippen molar-refractivity contribution in [2.45, 2.75) is 6.54 Å². The van der Waals surface area contributed by atoms with E-state index in [-0.39, 0.29) is 12.1 Å². The largest absolute Gasteiger partial charge is 0.760 e. The van der Waals surface area contributed by atoms with Crippen LogP contribution in [0, 0.1) is 5.82 Å². The maximum Gasteiger partial charge on any atom is 0.229 e. The van der Waals surface area contributed by atoms with Crippen molar-refractivity contribution in [1.82, 2.24) is 24.5 Å². The van der Waals surface area contributed by atoms with Gasteiger partial charge in [0.15, 0.2) is 0 Å². The quantitative estimate of drug-likeness (QED) is 0.328. The number of aromatic nitrogens is 4. The fraction of sp³-hybridized carbons (Fsp3) is 0.105. The molecule has 3 N–H and O–H groups in total. The van der Waals surface area contributed by atoms with Crippen LogP contribution < -0.4 is 15.4 Å². The zero-order chi connectivity index (χ0) is 22.0. The van der Waals surface area contributed by atoms with E-state index in [2.05, 4.69) is 46.4 Å². The average Bonchev–Trinajstić information content (AvgIpc) is 3.10. The minimum atomic E-state index is -2.51. The minimum absolute atomic E-state index is 0.161. The molecule has 1 unspecified atom stereocenters. The SMILES string of the molecule is Cn1ncc2ccc(Nc3ncc(Br)c(Nc4cccc(F)c4CNS(=O)[O-])n3)cc21. The molecule has 0 aliphatic carbocycles. The third-order valence-electron chi connectivity index (χ3n) is 4.49. The molecule has 12 heteroatoms. The van der Waals surface area contributed by atoms with Crippen molar-refractivity contribution in [3.63, 3.8) is 0 Å². The van der Waals surface area contributed by atoms with Crippen LogP contribution >= 0.6 is 15.9 Å². The molecule has 0 bridgehead atoms. The predicted octanol–water partition coefficient (Wildman–Crippen LogP) is 3.64. The Morgan fingerprint density at radius 3 is 2.87 bits per heavy atom. The number of hydrogen-bond acceptors (Lipinski definition) is 7. The molecule has 0 aliphatic rings. The lowest BCUT2D eigenvalue weighted by molar-refractivity contribution is 0.520. The zero-order valence-electron chi connectivity index (χ0n) is 16.1. The van der Waals surface area contributed by atoms with Gasteiger partial charge in [-0.05, 0) is 46.3 Å².